The third-order valence-corrected chi connectivity index (χ3v) is 6.22. The minimum absolute atomic E-state index is 0.232. The van der Waals surface area contributed by atoms with Gasteiger partial charge < -0.3 is 13.9 Å². The highest BCUT2D eigenvalue weighted by Crippen LogP contribution is 2.44. The molecule has 0 bridgehead atoms. The van der Waals surface area contributed by atoms with E-state index in [2.05, 4.69) is 10.3 Å². The molecule has 5 rings (SSSR count). The third-order valence-electron chi connectivity index (χ3n) is 5.53. The van der Waals surface area contributed by atoms with Gasteiger partial charge in [0.1, 0.15) is 22.7 Å². The second kappa shape index (κ2) is 8.37. The van der Waals surface area contributed by atoms with Gasteiger partial charge in [-0.15, -0.1) is 11.3 Å². The topological polar surface area (TPSA) is 90.7 Å². The molecule has 4 aromatic rings. The van der Waals surface area contributed by atoms with Crippen LogP contribution in [0.4, 0.5) is 5.13 Å². The Morgan fingerprint density at radius 1 is 1.24 bits per heavy atom. The number of rotatable bonds is 5. The molecule has 1 amide bonds. The van der Waals surface area contributed by atoms with Crippen LogP contribution < -0.4 is 20.4 Å². The van der Waals surface area contributed by atoms with Crippen LogP contribution in [0.5, 0.6) is 11.5 Å². The number of benzene rings is 2. The van der Waals surface area contributed by atoms with Gasteiger partial charge in [0.2, 0.25) is 0 Å². The molecule has 168 valence electrons. The lowest BCUT2D eigenvalue weighted by molar-refractivity contribution is -0.118. The Hall–Kier alpha value is -3.65. The number of thiazole rings is 1. The molecular formula is C25H22N2O5S. The minimum atomic E-state index is -0.452. The third kappa shape index (κ3) is 4.34. The summed E-state index contributed by atoms with van der Waals surface area (Å²) in [6, 6.07) is 12.8. The number of amides is 1. The van der Waals surface area contributed by atoms with Crippen molar-refractivity contribution in [3.8, 4) is 22.6 Å². The van der Waals surface area contributed by atoms with E-state index in [1.165, 1.54) is 17.4 Å². The summed E-state index contributed by atoms with van der Waals surface area (Å²) < 4.78 is 17.9. The van der Waals surface area contributed by atoms with Gasteiger partial charge >= 0.3 is 5.63 Å². The van der Waals surface area contributed by atoms with Gasteiger partial charge in [0, 0.05) is 34.8 Å². The standard InChI is InChI=1S/C25H22N2O5S/c1-25(2)9-8-16-18(32-25)13-19(30-14-20(28)27-24-26-10-11-33-24)22-17(12-21(29)31-23(16)22)15-6-4-3-5-7-15/h3-7,10-13H,8-9,14H2,1-2H3,(H,26,27,28). The molecule has 0 atom stereocenters. The van der Waals surface area contributed by atoms with E-state index in [1.54, 1.807) is 17.6 Å². The van der Waals surface area contributed by atoms with Crippen LogP contribution in [0.2, 0.25) is 0 Å². The van der Waals surface area contributed by atoms with Crippen LogP contribution in [-0.4, -0.2) is 23.1 Å². The highest BCUT2D eigenvalue weighted by Gasteiger charge is 2.31. The maximum atomic E-state index is 12.5. The second-order valence-corrected chi connectivity index (χ2v) is 9.33. The normalized spacial score (nSPS) is 14.4. The van der Waals surface area contributed by atoms with Gasteiger partial charge in [-0.1, -0.05) is 30.3 Å². The van der Waals surface area contributed by atoms with E-state index in [-0.39, 0.29) is 18.1 Å². The van der Waals surface area contributed by atoms with E-state index in [1.807, 2.05) is 44.2 Å². The number of nitrogens with zero attached hydrogens (tertiary/aromatic N) is 1. The van der Waals surface area contributed by atoms with Crippen LogP contribution in [0.15, 0.2) is 63.3 Å². The van der Waals surface area contributed by atoms with Gasteiger partial charge in [-0.3, -0.25) is 10.1 Å². The van der Waals surface area contributed by atoms with Crippen molar-refractivity contribution in [2.24, 2.45) is 0 Å². The number of aromatic nitrogens is 1. The van der Waals surface area contributed by atoms with Crippen LogP contribution in [-0.2, 0) is 11.2 Å². The zero-order valence-corrected chi connectivity index (χ0v) is 19.0. The van der Waals surface area contributed by atoms with Gasteiger partial charge in [-0.2, -0.15) is 0 Å². The molecule has 2 aromatic heterocycles. The number of carbonyl (C=O) groups is 1. The zero-order chi connectivity index (χ0) is 23.0. The molecule has 33 heavy (non-hydrogen) atoms. The van der Waals surface area contributed by atoms with Crippen molar-refractivity contribution >= 4 is 33.3 Å². The van der Waals surface area contributed by atoms with Crippen molar-refractivity contribution < 1.29 is 18.7 Å². The molecule has 1 aliphatic heterocycles. The van der Waals surface area contributed by atoms with E-state index in [4.69, 9.17) is 13.9 Å². The van der Waals surface area contributed by atoms with Crippen LogP contribution in [0.3, 0.4) is 0 Å². The van der Waals surface area contributed by atoms with Crippen molar-refractivity contribution in [2.75, 3.05) is 11.9 Å². The SMILES string of the molecule is CC1(C)CCc2c(cc(OCC(=O)Nc3nccs3)c3c(-c4ccccc4)cc(=O)oc23)O1. The number of anilines is 1. The molecule has 0 aliphatic carbocycles. The number of hydrogen-bond acceptors (Lipinski definition) is 7. The van der Waals surface area contributed by atoms with Crippen molar-refractivity contribution in [1.82, 2.24) is 4.98 Å². The molecule has 7 nitrogen and oxygen atoms in total. The lowest BCUT2D eigenvalue weighted by Gasteiger charge is -2.33. The summed E-state index contributed by atoms with van der Waals surface area (Å²) >= 11 is 1.33. The summed E-state index contributed by atoms with van der Waals surface area (Å²) in [5, 5.41) is 5.63. The highest BCUT2D eigenvalue weighted by atomic mass is 32.1. The lowest BCUT2D eigenvalue weighted by atomic mass is 9.91. The van der Waals surface area contributed by atoms with Crippen molar-refractivity contribution in [1.29, 1.82) is 0 Å². The molecule has 3 heterocycles. The van der Waals surface area contributed by atoms with E-state index >= 15 is 0 Å². The first kappa shape index (κ1) is 21.2. The molecule has 8 heteroatoms. The average Bonchev–Trinajstić information content (AvgIpc) is 3.29. The first-order valence-electron chi connectivity index (χ1n) is 10.6. The number of ether oxygens (including phenoxy) is 2. The van der Waals surface area contributed by atoms with Gasteiger partial charge in [0.25, 0.3) is 5.91 Å². The van der Waals surface area contributed by atoms with E-state index in [9.17, 15) is 9.59 Å². The molecule has 0 saturated heterocycles. The van der Waals surface area contributed by atoms with Crippen LogP contribution in [0, 0.1) is 0 Å². The Balaban J connectivity index is 1.63. The van der Waals surface area contributed by atoms with Crippen molar-refractivity contribution in [2.45, 2.75) is 32.3 Å². The van der Waals surface area contributed by atoms with E-state index in [0.29, 0.717) is 39.6 Å². The lowest BCUT2D eigenvalue weighted by Crippen LogP contribution is -2.32. The zero-order valence-electron chi connectivity index (χ0n) is 18.2. The first-order chi connectivity index (χ1) is 15.9. The van der Waals surface area contributed by atoms with Crippen LogP contribution in [0.1, 0.15) is 25.8 Å². The fourth-order valence-corrected chi connectivity index (χ4v) is 4.53. The molecule has 0 radical (unpaired) electrons. The van der Waals surface area contributed by atoms with Crippen LogP contribution >= 0.6 is 11.3 Å². The Bertz CT molecular complexity index is 1380. The van der Waals surface area contributed by atoms with Crippen molar-refractivity contribution in [3.05, 3.63) is 70.0 Å². The maximum absolute atomic E-state index is 12.5. The first-order valence-corrected chi connectivity index (χ1v) is 11.5. The number of hydrogen-bond donors (Lipinski definition) is 1. The Morgan fingerprint density at radius 3 is 2.82 bits per heavy atom. The van der Waals surface area contributed by atoms with Gasteiger partial charge in [-0.25, -0.2) is 9.78 Å². The molecule has 0 saturated carbocycles. The smallest absolute Gasteiger partial charge is 0.336 e. The molecule has 1 N–H and O–H groups in total. The van der Waals surface area contributed by atoms with Gasteiger partial charge in [0.05, 0.1) is 5.39 Å². The van der Waals surface area contributed by atoms with Crippen LogP contribution in [0.25, 0.3) is 22.1 Å². The Kier molecular flexibility index (Phi) is 5.38. The molecule has 0 spiro atoms. The fourth-order valence-electron chi connectivity index (χ4n) is 3.99. The Morgan fingerprint density at radius 2 is 2.06 bits per heavy atom. The number of nitrogens with one attached hydrogen (secondary N) is 1. The van der Waals surface area contributed by atoms with Crippen molar-refractivity contribution in [3.63, 3.8) is 0 Å². The minimum Gasteiger partial charge on any atom is -0.487 e. The van der Waals surface area contributed by atoms with Gasteiger partial charge in [0.15, 0.2) is 11.7 Å². The molecular weight excluding hydrogens is 440 g/mol. The molecule has 2 aromatic carbocycles. The quantitative estimate of drug-likeness (QED) is 0.418. The predicted molar refractivity (Wildman–Crippen MR) is 127 cm³/mol. The van der Waals surface area contributed by atoms with Gasteiger partial charge in [-0.05, 0) is 32.3 Å². The van der Waals surface area contributed by atoms with E-state index < -0.39 is 5.63 Å². The number of aryl methyl sites for hydroxylation is 1. The van der Waals surface area contributed by atoms with E-state index in [0.717, 1.165) is 17.5 Å². The summed E-state index contributed by atoms with van der Waals surface area (Å²) in [4.78, 5) is 29.0. The number of fused-ring (bicyclic) bond motifs is 3. The summed E-state index contributed by atoms with van der Waals surface area (Å²) in [7, 11) is 0. The monoisotopic (exact) mass is 462 g/mol. The largest absolute Gasteiger partial charge is 0.487 e. The maximum Gasteiger partial charge on any atom is 0.336 e. The summed E-state index contributed by atoms with van der Waals surface area (Å²) in [6.07, 6.45) is 3.10. The molecule has 0 fully saturated rings. The second-order valence-electron chi connectivity index (χ2n) is 8.44. The average molecular weight is 463 g/mol. The summed E-state index contributed by atoms with van der Waals surface area (Å²) in [5.74, 6) is 0.677. The number of carbonyl (C=O) groups excluding carboxylic acids is 1. The molecule has 0 unspecified atom stereocenters. The summed E-state index contributed by atoms with van der Waals surface area (Å²) in [5.41, 5.74) is 1.99. The Labute approximate surface area is 194 Å². The molecule has 1 aliphatic rings. The predicted octanol–water partition coefficient (Wildman–Crippen LogP) is 5.04. The fraction of sp³-hybridized carbons (Fsp3) is 0.240. The summed E-state index contributed by atoms with van der Waals surface area (Å²) in [6.45, 7) is 3.79. The highest BCUT2D eigenvalue weighted by molar-refractivity contribution is 7.13.